The number of nitrogens with two attached hydrogens (primary N) is 1. The minimum absolute atomic E-state index is 0.857. The van der Waals surface area contributed by atoms with E-state index in [-0.39, 0.29) is 0 Å². The fourth-order valence-corrected chi connectivity index (χ4v) is 2.49. The number of hydrogen-bond acceptors (Lipinski definition) is 3. The molecule has 3 heteroatoms. The van der Waals surface area contributed by atoms with Crippen LogP contribution >= 0.6 is 0 Å². The predicted molar refractivity (Wildman–Crippen MR) is 75.3 cm³/mol. The van der Waals surface area contributed by atoms with Gasteiger partial charge in [0.05, 0.1) is 0 Å². The highest BCUT2D eigenvalue weighted by Gasteiger charge is 2.11. The van der Waals surface area contributed by atoms with Crippen LogP contribution in [0.25, 0.3) is 0 Å². The summed E-state index contributed by atoms with van der Waals surface area (Å²) < 4.78 is 0. The summed E-state index contributed by atoms with van der Waals surface area (Å²) in [4.78, 5) is 5.08. The number of unbranched alkanes of at least 4 members (excludes halogenated alkanes) is 4. The lowest BCUT2D eigenvalue weighted by atomic mass is 10.1. The maximum Gasteiger partial charge on any atom is 0.0109 e. The van der Waals surface area contributed by atoms with Gasteiger partial charge in [-0.15, -0.1) is 0 Å². The maximum atomic E-state index is 5.48. The van der Waals surface area contributed by atoms with Crippen LogP contribution in [0.3, 0.4) is 0 Å². The summed E-state index contributed by atoms with van der Waals surface area (Å²) in [6.07, 6.45) is 9.40. The zero-order valence-electron chi connectivity index (χ0n) is 11.7. The van der Waals surface area contributed by atoms with Crippen molar-refractivity contribution in [2.45, 2.75) is 44.9 Å². The Bertz CT molecular complexity index is 167. The molecule has 0 aromatic carbocycles. The highest BCUT2D eigenvalue weighted by Crippen LogP contribution is 2.07. The molecule has 1 aliphatic rings. The lowest BCUT2D eigenvalue weighted by Gasteiger charge is -2.21. The molecule has 0 aromatic rings. The molecule has 1 aliphatic heterocycles. The normalized spacial score (nSPS) is 17.1. The van der Waals surface area contributed by atoms with Crippen molar-refractivity contribution in [1.29, 1.82) is 0 Å². The van der Waals surface area contributed by atoms with Gasteiger partial charge in [0.15, 0.2) is 0 Å². The molecule has 0 aliphatic carbocycles. The monoisotopic (exact) mass is 241 g/mol. The number of rotatable bonds is 10. The molecule has 0 atom stereocenters. The summed E-state index contributed by atoms with van der Waals surface area (Å²) in [5, 5.41) is 0. The highest BCUT2D eigenvalue weighted by molar-refractivity contribution is 4.67. The van der Waals surface area contributed by atoms with Crippen LogP contribution < -0.4 is 5.73 Å². The second kappa shape index (κ2) is 9.86. The van der Waals surface area contributed by atoms with Crippen molar-refractivity contribution in [3.63, 3.8) is 0 Å². The first-order valence-electron chi connectivity index (χ1n) is 7.44. The van der Waals surface area contributed by atoms with E-state index in [1.165, 1.54) is 77.7 Å². The fourth-order valence-electron chi connectivity index (χ4n) is 2.49. The Labute approximate surface area is 107 Å². The molecule has 0 bridgehead atoms. The summed E-state index contributed by atoms with van der Waals surface area (Å²) in [6.45, 7) is 7.28. The molecule has 1 rings (SSSR count). The van der Waals surface area contributed by atoms with Gasteiger partial charge in [-0.05, 0) is 58.9 Å². The van der Waals surface area contributed by atoms with E-state index in [2.05, 4.69) is 16.8 Å². The van der Waals surface area contributed by atoms with Crippen LogP contribution in [0.1, 0.15) is 44.9 Å². The van der Waals surface area contributed by atoms with Crippen LogP contribution in [-0.2, 0) is 0 Å². The number of likely N-dealkylation sites (N-methyl/N-ethyl adjacent to an activating group) is 1. The van der Waals surface area contributed by atoms with E-state index >= 15 is 0 Å². The van der Waals surface area contributed by atoms with Gasteiger partial charge in [0.1, 0.15) is 0 Å². The first kappa shape index (κ1) is 14.9. The topological polar surface area (TPSA) is 32.5 Å². The summed E-state index contributed by atoms with van der Waals surface area (Å²) in [6, 6.07) is 0. The minimum atomic E-state index is 0.857. The van der Waals surface area contributed by atoms with E-state index in [9.17, 15) is 0 Å². The molecule has 1 saturated heterocycles. The number of nitrogens with zero attached hydrogens (tertiary/aromatic N) is 2. The summed E-state index contributed by atoms with van der Waals surface area (Å²) in [7, 11) is 2.26. The van der Waals surface area contributed by atoms with Crippen LogP contribution in [0, 0.1) is 0 Å². The van der Waals surface area contributed by atoms with Gasteiger partial charge >= 0.3 is 0 Å². The first-order valence-corrected chi connectivity index (χ1v) is 7.44. The number of likely N-dealkylation sites (tertiary alicyclic amines) is 1. The highest BCUT2D eigenvalue weighted by atomic mass is 15.2. The smallest absolute Gasteiger partial charge is 0.0109 e. The second-order valence-corrected chi connectivity index (χ2v) is 5.41. The van der Waals surface area contributed by atoms with Crippen molar-refractivity contribution in [2.75, 3.05) is 46.3 Å². The third kappa shape index (κ3) is 7.74. The van der Waals surface area contributed by atoms with E-state index in [0.717, 1.165) is 6.54 Å². The molecule has 0 amide bonds. The second-order valence-electron chi connectivity index (χ2n) is 5.41. The summed E-state index contributed by atoms with van der Waals surface area (Å²) in [5.74, 6) is 0. The maximum absolute atomic E-state index is 5.48. The fraction of sp³-hybridized carbons (Fsp3) is 1.00. The Hall–Kier alpha value is -0.120. The molecule has 0 spiro atoms. The summed E-state index contributed by atoms with van der Waals surface area (Å²) >= 11 is 0. The Kier molecular flexibility index (Phi) is 8.67. The van der Waals surface area contributed by atoms with Crippen LogP contribution in [0.5, 0.6) is 0 Å². The molecule has 0 saturated carbocycles. The molecule has 1 heterocycles. The SMILES string of the molecule is CN(CCCCCCCN)CCN1CCCC1. The van der Waals surface area contributed by atoms with Crippen molar-refractivity contribution in [3.8, 4) is 0 Å². The van der Waals surface area contributed by atoms with Crippen molar-refractivity contribution >= 4 is 0 Å². The lowest BCUT2D eigenvalue weighted by molar-refractivity contribution is 0.253. The van der Waals surface area contributed by atoms with Gasteiger partial charge in [0.2, 0.25) is 0 Å². The van der Waals surface area contributed by atoms with Gasteiger partial charge in [0, 0.05) is 13.1 Å². The van der Waals surface area contributed by atoms with Crippen molar-refractivity contribution < 1.29 is 0 Å². The zero-order valence-corrected chi connectivity index (χ0v) is 11.7. The van der Waals surface area contributed by atoms with Crippen molar-refractivity contribution in [2.24, 2.45) is 5.73 Å². The van der Waals surface area contributed by atoms with E-state index in [1.54, 1.807) is 0 Å². The Balaban J connectivity index is 1.85. The van der Waals surface area contributed by atoms with Crippen LogP contribution in [0.2, 0.25) is 0 Å². The Morgan fingerprint density at radius 1 is 0.941 bits per heavy atom. The van der Waals surface area contributed by atoms with E-state index in [0.29, 0.717) is 0 Å². The van der Waals surface area contributed by atoms with E-state index in [1.807, 2.05) is 0 Å². The summed E-state index contributed by atoms with van der Waals surface area (Å²) in [5.41, 5.74) is 5.48. The first-order chi connectivity index (χ1) is 8.33. The molecule has 102 valence electrons. The molecule has 2 N–H and O–H groups in total. The molecular formula is C14H31N3. The third-order valence-electron chi connectivity index (χ3n) is 3.74. The average Bonchev–Trinajstić information content (AvgIpc) is 2.84. The zero-order chi connectivity index (χ0) is 12.3. The van der Waals surface area contributed by atoms with Gasteiger partial charge in [-0.2, -0.15) is 0 Å². The van der Waals surface area contributed by atoms with Crippen molar-refractivity contribution in [1.82, 2.24) is 9.80 Å². The average molecular weight is 241 g/mol. The molecule has 0 radical (unpaired) electrons. The largest absolute Gasteiger partial charge is 0.330 e. The van der Waals surface area contributed by atoms with Crippen LogP contribution in [0.4, 0.5) is 0 Å². The molecular weight excluding hydrogens is 210 g/mol. The molecule has 1 fully saturated rings. The molecule has 17 heavy (non-hydrogen) atoms. The quantitative estimate of drug-likeness (QED) is 0.593. The molecule has 0 unspecified atom stereocenters. The molecule has 0 aromatic heterocycles. The molecule has 3 nitrogen and oxygen atoms in total. The Morgan fingerprint density at radius 2 is 1.59 bits per heavy atom. The minimum Gasteiger partial charge on any atom is -0.330 e. The van der Waals surface area contributed by atoms with E-state index in [4.69, 9.17) is 5.73 Å². The van der Waals surface area contributed by atoms with Gasteiger partial charge in [-0.1, -0.05) is 19.3 Å². The van der Waals surface area contributed by atoms with Gasteiger partial charge in [0.25, 0.3) is 0 Å². The van der Waals surface area contributed by atoms with Gasteiger partial charge < -0.3 is 15.5 Å². The van der Waals surface area contributed by atoms with Crippen molar-refractivity contribution in [3.05, 3.63) is 0 Å². The van der Waals surface area contributed by atoms with Gasteiger partial charge in [-0.3, -0.25) is 0 Å². The van der Waals surface area contributed by atoms with E-state index < -0.39 is 0 Å². The lowest BCUT2D eigenvalue weighted by Crippen LogP contribution is -2.31. The van der Waals surface area contributed by atoms with Crippen LogP contribution in [0.15, 0.2) is 0 Å². The third-order valence-corrected chi connectivity index (χ3v) is 3.74. The van der Waals surface area contributed by atoms with Crippen LogP contribution in [-0.4, -0.2) is 56.1 Å². The Morgan fingerprint density at radius 3 is 2.29 bits per heavy atom. The standard InChI is InChI=1S/C14H31N3/c1-16(10-6-4-2-3-5-9-15)13-14-17-11-7-8-12-17/h2-15H2,1H3. The predicted octanol–water partition coefficient (Wildman–Crippen LogP) is 1.92. The van der Waals surface area contributed by atoms with Gasteiger partial charge in [-0.25, -0.2) is 0 Å². The number of hydrogen-bond donors (Lipinski definition) is 1.